The number of halogens is 1. The number of carbonyl (C=O) groups is 1. The summed E-state index contributed by atoms with van der Waals surface area (Å²) in [4.78, 5) is 14.8. The molecule has 1 aliphatic heterocycles. The van der Waals surface area contributed by atoms with Crippen molar-refractivity contribution in [3.63, 3.8) is 0 Å². The Kier molecular flexibility index (Phi) is 3.54. The van der Waals surface area contributed by atoms with Crippen LogP contribution in [0.3, 0.4) is 0 Å². The lowest BCUT2D eigenvalue weighted by atomic mass is 10.1. The first-order valence-electron chi connectivity index (χ1n) is 6.75. The molecule has 0 bridgehead atoms. The molecule has 0 saturated heterocycles. The van der Waals surface area contributed by atoms with E-state index in [1.807, 2.05) is 42.2 Å². The van der Waals surface area contributed by atoms with Gasteiger partial charge in [-0.3, -0.25) is 4.79 Å². The van der Waals surface area contributed by atoms with Gasteiger partial charge < -0.3 is 4.90 Å². The van der Waals surface area contributed by atoms with Crippen LogP contribution in [-0.4, -0.2) is 11.9 Å². The molecule has 0 radical (unpaired) electrons. The number of rotatable bonds is 1. The van der Waals surface area contributed by atoms with Crippen molar-refractivity contribution in [2.24, 2.45) is 0 Å². The molecule has 0 N–H and O–H groups in total. The maximum absolute atomic E-state index is 12.9. The summed E-state index contributed by atoms with van der Waals surface area (Å²) in [6.07, 6.45) is 0.935. The van der Waals surface area contributed by atoms with Crippen molar-refractivity contribution in [3.05, 3.63) is 62.7 Å². The summed E-state index contributed by atoms with van der Waals surface area (Å²) < 4.78 is 1.02. The molecule has 0 aromatic heterocycles. The first-order valence-corrected chi connectivity index (χ1v) is 7.83. The van der Waals surface area contributed by atoms with Gasteiger partial charge >= 0.3 is 0 Å². The van der Waals surface area contributed by atoms with E-state index < -0.39 is 0 Å². The number of aryl methyl sites for hydroxylation is 1. The summed E-state index contributed by atoms with van der Waals surface area (Å²) in [6, 6.07) is 14.4. The molecule has 2 aromatic carbocycles. The third kappa shape index (κ3) is 2.24. The predicted molar refractivity (Wildman–Crippen MR) is 90.3 cm³/mol. The Morgan fingerprint density at radius 3 is 2.75 bits per heavy atom. The SMILES string of the molecule is Cc1ccc(C(=O)N2c3ccccc3C[C@H]2C)c(I)c1. The monoisotopic (exact) mass is 377 g/mol. The molecule has 0 fully saturated rings. The lowest BCUT2D eigenvalue weighted by molar-refractivity contribution is 0.0980. The van der Waals surface area contributed by atoms with E-state index in [1.54, 1.807) is 0 Å². The zero-order valence-electron chi connectivity index (χ0n) is 11.6. The number of nitrogens with zero attached hydrogens (tertiary/aromatic N) is 1. The van der Waals surface area contributed by atoms with Gasteiger partial charge in [0.1, 0.15) is 0 Å². The van der Waals surface area contributed by atoms with E-state index in [9.17, 15) is 4.79 Å². The number of para-hydroxylation sites is 1. The van der Waals surface area contributed by atoms with Crippen LogP contribution >= 0.6 is 22.6 Å². The lowest BCUT2D eigenvalue weighted by Gasteiger charge is -2.23. The Bertz CT molecular complexity index is 680. The highest BCUT2D eigenvalue weighted by atomic mass is 127. The van der Waals surface area contributed by atoms with Crippen molar-refractivity contribution in [1.29, 1.82) is 0 Å². The van der Waals surface area contributed by atoms with E-state index >= 15 is 0 Å². The maximum atomic E-state index is 12.9. The number of anilines is 1. The van der Waals surface area contributed by atoms with Gasteiger partial charge in [-0.1, -0.05) is 29.8 Å². The molecule has 0 saturated carbocycles. The van der Waals surface area contributed by atoms with Gasteiger partial charge in [-0.15, -0.1) is 0 Å². The fourth-order valence-corrected chi connectivity index (χ4v) is 3.70. The molecule has 0 spiro atoms. The predicted octanol–water partition coefficient (Wildman–Crippen LogP) is 4.19. The third-order valence-corrected chi connectivity index (χ3v) is 4.67. The minimum Gasteiger partial charge on any atom is -0.305 e. The van der Waals surface area contributed by atoms with E-state index in [1.165, 1.54) is 11.1 Å². The molecule has 102 valence electrons. The quantitative estimate of drug-likeness (QED) is 0.683. The Hall–Kier alpha value is -1.36. The van der Waals surface area contributed by atoms with E-state index in [-0.39, 0.29) is 11.9 Å². The molecule has 1 heterocycles. The Morgan fingerprint density at radius 2 is 2.00 bits per heavy atom. The minimum absolute atomic E-state index is 0.104. The fraction of sp³-hybridized carbons (Fsp3) is 0.235. The summed E-state index contributed by atoms with van der Waals surface area (Å²) in [5.74, 6) is 0.104. The smallest absolute Gasteiger partial charge is 0.259 e. The largest absolute Gasteiger partial charge is 0.305 e. The average molecular weight is 377 g/mol. The van der Waals surface area contributed by atoms with Crippen LogP contribution in [0, 0.1) is 10.5 Å². The van der Waals surface area contributed by atoms with Crippen molar-refractivity contribution in [1.82, 2.24) is 0 Å². The van der Waals surface area contributed by atoms with Crippen molar-refractivity contribution < 1.29 is 4.79 Å². The molecule has 1 aliphatic rings. The average Bonchev–Trinajstić information content (AvgIpc) is 2.73. The molecular formula is C17H16INO. The summed E-state index contributed by atoms with van der Waals surface area (Å²) in [7, 11) is 0. The zero-order valence-corrected chi connectivity index (χ0v) is 13.7. The van der Waals surface area contributed by atoms with Crippen LogP contribution in [0.5, 0.6) is 0 Å². The lowest BCUT2D eigenvalue weighted by Crippen LogP contribution is -2.36. The summed E-state index contributed by atoms with van der Waals surface area (Å²) in [6.45, 7) is 4.16. The Labute approximate surface area is 132 Å². The van der Waals surface area contributed by atoms with Gasteiger partial charge in [-0.2, -0.15) is 0 Å². The van der Waals surface area contributed by atoms with Crippen molar-refractivity contribution >= 4 is 34.2 Å². The molecule has 3 rings (SSSR count). The molecule has 0 aliphatic carbocycles. The molecule has 20 heavy (non-hydrogen) atoms. The van der Waals surface area contributed by atoms with Gasteiger partial charge in [0.05, 0.1) is 5.56 Å². The maximum Gasteiger partial charge on any atom is 0.259 e. The number of fused-ring (bicyclic) bond motifs is 1. The number of amides is 1. The highest BCUT2D eigenvalue weighted by Crippen LogP contribution is 2.33. The number of benzene rings is 2. The second-order valence-corrected chi connectivity index (χ2v) is 6.50. The molecule has 1 atom stereocenters. The van der Waals surface area contributed by atoms with Gasteiger partial charge in [0.25, 0.3) is 5.91 Å². The molecule has 3 heteroatoms. The normalized spacial score (nSPS) is 17.1. The molecule has 1 amide bonds. The van der Waals surface area contributed by atoms with Gasteiger partial charge in [0.15, 0.2) is 0 Å². The van der Waals surface area contributed by atoms with E-state index in [0.29, 0.717) is 0 Å². The first-order chi connectivity index (χ1) is 9.58. The highest BCUT2D eigenvalue weighted by Gasteiger charge is 2.31. The fourth-order valence-electron chi connectivity index (χ4n) is 2.80. The summed E-state index contributed by atoms with van der Waals surface area (Å²) >= 11 is 2.25. The zero-order chi connectivity index (χ0) is 14.3. The van der Waals surface area contributed by atoms with Crippen molar-refractivity contribution in [2.75, 3.05) is 4.90 Å². The third-order valence-electron chi connectivity index (χ3n) is 3.78. The van der Waals surface area contributed by atoms with Gasteiger partial charge in [-0.05, 0) is 66.6 Å². The topological polar surface area (TPSA) is 20.3 Å². The van der Waals surface area contributed by atoms with Gasteiger partial charge in [0, 0.05) is 15.3 Å². The Morgan fingerprint density at radius 1 is 1.25 bits per heavy atom. The van der Waals surface area contributed by atoms with Crippen molar-refractivity contribution in [2.45, 2.75) is 26.3 Å². The van der Waals surface area contributed by atoms with Crippen LogP contribution in [0.15, 0.2) is 42.5 Å². The van der Waals surface area contributed by atoms with Crippen LogP contribution in [0.1, 0.15) is 28.4 Å². The van der Waals surface area contributed by atoms with Crippen LogP contribution in [0.25, 0.3) is 0 Å². The highest BCUT2D eigenvalue weighted by molar-refractivity contribution is 14.1. The van der Waals surface area contributed by atoms with Gasteiger partial charge in [0.2, 0.25) is 0 Å². The van der Waals surface area contributed by atoms with Crippen LogP contribution < -0.4 is 4.90 Å². The van der Waals surface area contributed by atoms with Crippen LogP contribution in [0.4, 0.5) is 5.69 Å². The second kappa shape index (κ2) is 5.20. The van der Waals surface area contributed by atoms with Crippen molar-refractivity contribution in [3.8, 4) is 0 Å². The number of hydrogen-bond acceptors (Lipinski definition) is 1. The molecule has 0 unspecified atom stereocenters. The molecule has 2 nitrogen and oxygen atoms in total. The van der Waals surface area contributed by atoms with E-state index in [0.717, 1.165) is 21.2 Å². The molecule has 2 aromatic rings. The number of carbonyl (C=O) groups excluding carboxylic acids is 1. The first kappa shape index (κ1) is 13.6. The van der Waals surface area contributed by atoms with Crippen LogP contribution in [-0.2, 0) is 6.42 Å². The standard InChI is InChI=1S/C17H16INO/c1-11-7-8-14(15(18)9-11)17(20)19-12(2)10-13-5-3-4-6-16(13)19/h3-9,12H,10H2,1-2H3/t12-/m1/s1. The summed E-state index contributed by atoms with van der Waals surface area (Å²) in [5.41, 5.74) is 4.29. The van der Waals surface area contributed by atoms with Gasteiger partial charge in [-0.25, -0.2) is 0 Å². The summed E-state index contributed by atoms with van der Waals surface area (Å²) in [5, 5.41) is 0. The van der Waals surface area contributed by atoms with E-state index in [2.05, 4.69) is 41.6 Å². The molecular weight excluding hydrogens is 361 g/mol. The minimum atomic E-state index is 0.104. The van der Waals surface area contributed by atoms with E-state index in [4.69, 9.17) is 0 Å². The van der Waals surface area contributed by atoms with Crippen LogP contribution in [0.2, 0.25) is 0 Å². The second-order valence-electron chi connectivity index (χ2n) is 5.34. The Balaban J connectivity index is 2.03. The number of hydrogen-bond donors (Lipinski definition) is 0.